The second-order valence-electron chi connectivity index (χ2n) is 5.24. The van der Waals surface area contributed by atoms with E-state index in [2.05, 4.69) is 25.4 Å². The molecule has 1 aliphatic rings. The average molecular weight is 333 g/mol. The molecule has 1 amide bonds. The minimum Gasteiger partial charge on any atom is -0.353 e. The Morgan fingerprint density at radius 2 is 2.09 bits per heavy atom. The van der Waals surface area contributed by atoms with Gasteiger partial charge in [0.1, 0.15) is 5.82 Å². The van der Waals surface area contributed by atoms with Crippen molar-refractivity contribution in [3.8, 4) is 0 Å². The largest absolute Gasteiger partial charge is 0.353 e. The van der Waals surface area contributed by atoms with Crippen LogP contribution in [0.2, 0.25) is 0 Å². The van der Waals surface area contributed by atoms with E-state index >= 15 is 0 Å². The summed E-state index contributed by atoms with van der Waals surface area (Å²) in [5.74, 6) is 1.85. The monoisotopic (exact) mass is 333 g/mol. The van der Waals surface area contributed by atoms with E-state index in [0.717, 1.165) is 37.2 Å². The second-order valence-corrected chi connectivity index (χ2v) is 6.30. The van der Waals surface area contributed by atoms with Crippen LogP contribution < -0.4 is 4.90 Å². The molecule has 0 unspecified atom stereocenters. The Kier molecular flexibility index (Phi) is 5.06. The lowest BCUT2D eigenvalue weighted by Crippen LogP contribution is -2.49. The molecule has 0 radical (unpaired) electrons. The van der Waals surface area contributed by atoms with Crippen LogP contribution in [0.4, 0.5) is 5.82 Å². The highest BCUT2D eigenvalue weighted by Gasteiger charge is 2.21. The van der Waals surface area contributed by atoms with Crippen LogP contribution in [0.5, 0.6) is 0 Å². The van der Waals surface area contributed by atoms with Crippen LogP contribution in [0.15, 0.2) is 29.6 Å². The lowest BCUT2D eigenvalue weighted by atomic mass is 10.3. The van der Waals surface area contributed by atoms with Crippen molar-refractivity contribution in [2.45, 2.75) is 11.6 Å². The van der Waals surface area contributed by atoms with E-state index in [4.69, 9.17) is 0 Å². The molecule has 23 heavy (non-hydrogen) atoms. The van der Waals surface area contributed by atoms with Crippen molar-refractivity contribution in [1.29, 1.82) is 0 Å². The van der Waals surface area contributed by atoms with Crippen molar-refractivity contribution in [2.75, 3.05) is 36.8 Å². The number of thioether (sulfide) groups is 1. The first-order chi connectivity index (χ1) is 11.2. The number of rotatable bonds is 5. The van der Waals surface area contributed by atoms with Gasteiger partial charge in [0, 0.05) is 51.6 Å². The molecule has 3 heterocycles. The highest BCUT2D eigenvalue weighted by Crippen LogP contribution is 2.16. The summed E-state index contributed by atoms with van der Waals surface area (Å²) in [6, 6.07) is 5.90. The van der Waals surface area contributed by atoms with Crippen molar-refractivity contribution < 1.29 is 4.79 Å². The van der Waals surface area contributed by atoms with Gasteiger partial charge in [-0.1, -0.05) is 17.8 Å². The minimum atomic E-state index is 0.188. The normalized spacial score (nSPS) is 15.0. The molecule has 0 atom stereocenters. The molecule has 3 rings (SSSR count). The summed E-state index contributed by atoms with van der Waals surface area (Å²) in [6.07, 6.45) is 2.30. The van der Waals surface area contributed by atoms with Crippen molar-refractivity contribution >= 4 is 23.5 Å². The van der Waals surface area contributed by atoms with Gasteiger partial charge in [-0.05, 0) is 22.6 Å². The van der Waals surface area contributed by atoms with Gasteiger partial charge in [-0.15, -0.1) is 5.10 Å². The van der Waals surface area contributed by atoms with Crippen LogP contribution in [0, 0.1) is 0 Å². The van der Waals surface area contributed by atoms with Gasteiger partial charge >= 0.3 is 0 Å². The van der Waals surface area contributed by atoms with Gasteiger partial charge in [0.15, 0.2) is 0 Å². The van der Waals surface area contributed by atoms with E-state index in [1.807, 2.05) is 23.1 Å². The van der Waals surface area contributed by atoms with Crippen molar-refractivity contribution in [3.63, 3.8) is 0 Å². The van der Waals surface area contributed by atoms with Crippen LogP contribution in [-0.2, 0) is 11.8 Å². The Morgan fingerprint density at radius 1 is 1.26 bits per heavy atom. The smallest absolute Gasteiger partial charge is 0.223 e. The molecular weight excluding hydrogens is 314 g/mol. The summed E-state index contributed by atoms with van der Waals surface area (Å²) >= 11 is 1.50. The number of carbonyl (C=O) groups excluding carboxylic acids is 1. The Balaban J connectivity index is 1.42. The maximum absolute atomic E-state index is 12.3. The Labute approximate surface area is 138 Å². The quantitative estimate of drug-likeness (QED) is 0.734. The van der Waals surface area contributed by atoms with E-state index in [0.29, 0.717) is 12.2 Å². The number of aromatic nitrogens is 5. The summed E-state index contributed by atoms with van der Waals surface area (Å²) < 4.78 is 1.61. The molecule has 0 N–H and O–H groups in total. The molecule has 122 valence electrons. The van der Waals surface area contributed by atoms with Crippen LogP contribution >= 0.6 is 11.8 Å². The highest BCUT2D eigenvalue weighted by atomic mass is 32.2. The third-order valence-corrected chi connectivity index (χ3v) is 4.75. The highest BCUT2D eigenvalue weighted by molar-refractivity contribution is 7.99. The third-order valence-electron chi connectivity index (χ3n) is 3.73. The van der Waals surface area contributed by atoms with Crippen LogP contribution in [0.1, 0.15) is 6.42 Å². The van der Waals surface area contributed by atoms with Gasteiger partial charge in [0.25, 0.3) is 0 Å². The fraction of sp³-hybridized carbons (Fsp3) is 0.500. The number of aryl methyl sites for hydroxylation is 1. The maximum Gasteiger partial charge on any atom is 0.223 e. The average Bonchev–Trinajstić information content (AvgIpc) is 3.01. The summed E-state index contributed by atoms with van der Waals surface area (Å²) in [4.78, 5) is 20.8. The predicted molar refractivity (Wildman–Crippen MR) is 87.2 cm³/mol. The van der Waals surface area contributed by atoms with E-state index < -0.39 is 0 Å². The Bertz CT molecular complexity index is 640. The van der Waals surface area contributed by atoms with Crippen LogP contribution in [-0.4, -0.2) is 67.9 Å². The third kappa shape index (κ3) is 3.98. The van der Waals surface area contributed by atoms with Gasteiger partial charge in [0.05, 0.1) is 0 Å². The SMILES string of the molecule is Cn1nnnc1SCCC(=O)N1CCN(c2ccccn2)CC1. The van der Waals surface area contributed by atoms with Crippen molar-refractivity contribution in [2.24, 2.45) is 7.05 Å². The molecule has 1 fully saturated rings. The van der Waals surface area contributed by atoms with Crippen LogP contribution in [0.25, 0.3) is 0 Å². The summed E-state index contributed by atoms with van der Waals surface area (Å²) in [5, 5.41) is 12.0. The lowest BCUT2D eigenvalue weighted by molar-refractivity contribution is -0.131. The molecule has 0 aromatic carbocycles. The molecule has 9 heteroatoms. The Morgan fingerprint density at radius 3 is 2.74 bits per heavy atom. The molecule has 2 aromatic rings. The molecule has 8 nitrogen and oxygen atoms in total. The molecule has 1 saturated heterocycles. The number of hydrogen-bond donors (Lipinski definition) is 0. The molecule has 2 aromatic heterocycles. The van der Waals surface area contributed by atoms with E-state index in [9.17, 15) is 4.79 Å². The first kappa shape index (κ1) is 15.7. The number of nitrogens with zero attached hydrogens (tertiary/aromatic N) is 7. The zero-order valence-electron chi connectivity index (χ0n) is 13.0. The zero-order chi connectivity index (χ0) is 16.1. The second kappa shape index (κ2) is 7.40. The molecule has 0 bridgehead atoms. The number of piperazine rings is 1. The van der Waals surface area contributed by atoms with Crippen molar-refractivity contribution in [1.82, 2.24) is 30.1 Å². The van der Waals surface area contributed by atoms with Gasteiger partial charge in [-0.3, -0.25) is 4.79 Å². The van der Waals surface area contributed by atoms with E-state index in [1.165, 1.54) is 11.8 Å². The number of hydrogen-bond acceptors (Lipinski definition) is 7. The van der Waals surface area contributed by atoms with Gasteiger partial charge in [-0.2, -0.15) is 0 Å². The molecular formula is C14H19N7OS. The molecule has 0 spiro atoms. The fourth-order valence-electron chi connectivity index (χ4n) is 2.46. The summed E-state index contributed by atoms with van der Waals surface area (Å²) in [7, 11) is 1.79. The van der Waals surface area contributed by atoms with E-state index in [1.54, 1.807) is 17.9 Å². The summed E-state index contributed by atoms with van der Waals surface area (Å²) in [5.41, 5.74) is 0. The van der Waals surface area contributed by atoms with Crippen LogP contribution in [0.3, 0.4) is 0 Å². The molecule has 1 aliphatic heterocycles. The number of anilines is 1. The van der Waals surface area contributed by atoms with Gasteiger partial charge in [-0.25, -0.2) is 9.67 Å². The Hall–Kier alpha value is -2.16. The zero-order valence-corrected chi connectivity index (χ0v) is 13.8. The number of pyridine rings is 1. The number of tetrazole rings is 1. The number of amides is 1. The topological polar surface area (TPSA) is 80.0 Å². The molecule has 0 aliphatic carbocycles. The van der Waals surface area contributed by atoms with Gasteiger partial charge in [0.2, 0.25) is 11.1 Å². The van der Waals surface area contributed by atoms with Crippen molar-refractivity contribution in [3.05, 3.63) is 24.4 Å². The fourth-order valence-corrected chi connectivity index (χ4v) is 3.23. The predicted octanol–water partition coefficient (Wildman–Crippen LogP) is 0.436. The first-order valence-corrected chi connectivity index (χ1v) is 8.51. The first-order valence-electron chi connectivity index (χ1n) is 7.53. The van der Waals surface area contributed by atoms with E-state index in [-0.39, 0.29) is 5.91 Å². The standard InChI is InChI=1S/C14H19N7OS/c1-19-14(16-17-18-19)23-11-5-13(22)21-9-7-20(8-10-21)12-4-2-3-6-15-12/h2-4,6H,5,7-11H2,1H3. The number of carbonyl (C=O) groups is 1. The minimum absolute atomic E-state index is 0.188. The summed E-state index contributed by atoms with van der Waals surface area (Å²) in [6.45, 7) is 3.13. The molecule has 0 saturated carbocycles. The van der Waals surface area contributed by atoms with Gasteiger partial charge < -0.3 is 9.80 Å². The maximum atomic E-state index is 12.3. The lowest BCUT2D eigenvalue weighted by Gasteiger charge is -2.35.